The number of benzene rings is 3. The Morgan fingerprint density at radius 2 is 1.45 bits per heavy atom. The quantitative estimate of drug-likeness (QED) is 0.385. The molecule has 31 heavy (non-hydrogen) atoms. The van der Waals surface area contributed by atoms with Crippen molar-refractivity contribution in [3.05, 3.63) is 90.0 Å². The number of carbonyl (C=O) groups is 2. The van der Waals surface area contributed by atoms with Gasteiger partial charge in [0, 0.05) is 11.8 Å². The highest BCUT2D eigenvalue weighted by Gasteiger charge is 2.76. The summed E-state index contributed by atoms with van der Waals surface area (Å²) in [4.78, 5) is 26.5. The zero-order valence-electron chi connectivity index (χ0n) is 17.8. The zero-order chi connectivity index (χ0) is 21.8. The van der Waals surface area contributed by atoms with Crippen LogP contribution in [0.5, 0.6) is 0 Å². The lowest BCUT2D eigenvalue weighted by Gasteiger charge is -2.16. The van der Waals surface area contributed by atoms with Crippen LogP contribution < -0.4 is 0 Å². The van der Waals surface area contributed by atoms with Crippen LogP contribution in [0.15, 0.2) is 78.9 Å². The molecule has 0 bridgehead atoms. The number of ether oxygens (including phenoxy) is 2. The number of allylic oxidation sites excluding steroid dienone is 1. The van der Waals surface area contributed by atoms with E-state index < -0.39 is 17.4 Å². The molecule has 0 heterocycles. The highest BCUT2D eigenvalue weighted by Crippen LogP contribution is 2.67. The Hall–Kier alpha value is -3.40. The van der Waals surface area contributed by atoms with E-state index >= 15 is 0 Å². The van der Waals surface area contributed by atoms with Crippen LogP contribution in [0.2, 0.25) is 0 Å². The second-order valence-corrected chi connectivity index (χ2v) is 7.65. The Labute approximate surface area is 182 Å². The van der Waals surface area contributed by atoms with E-state index in [0.29, 0.717) is 0 Å². The number of rotatable bonds is 7. The molecule has 0 N–H and O–H groups in total. The lowest BCUT2D eigenvalue weighted by molar-refractivity contribution is -0.165. The Bertz CT molecular complexity index is 1090. The van der Waals surface area contributed by atoms with Gasteiger partial charge < -0.3 is 9.47 Å². The number of fused-ring (bicyclic) bond motifs is 1. The van der Waals surface area contributed by atoms with Crippen molar-refractivity contribution in [2.24, 2.45) is 11.3 Å². The molecule has 4 heteroatoms. The van der Waals surface area contributed by atoms with Crippen LogP contribution in [-0.2, 0) is 19.1 Å². The average Bonchev–Trinajstić information content (AvgIpc) is 3.48. The predicted octanol–water partition coefficient (Wildman–Crippen LogP) is 5.38. The largest absolute Gasteiger partial charge is 0.465 e. The summed E-state index contributed by atoms with van der Waals surface area (Å²) in [5.74, 6) is -1.74. The first-order valence-electron chi connectivity index (χ1n) is 10.7. The van der Waals surface area contributed by atoms with Crippen LogP contribution in [-0.4, -0.2) is 25.2 Å². The Kier molecular flexibility index (Phi) is 5.90. The number of carbonyl (C=O) groups excluding carboxylic acids is 2. The van der Waals surface area contributed by atoms with Gasteiger partial charge >= 0.3 is 11.9 Å². The first-order valence-corrected chi connectivity index (χ1v) is 10.7. The van der Waals surface area contributed by atoms with Crippen LogP contribution >= 0.6 is 0 Å². The van der Waals surface area contributed by atoms with E-state index in [1.807, 2.05) is 84.9 Å². The molecule has 0 spiro atoms. The highest BCUT2D eigenvalue weighted by atomic mass is 16.6. The van der Waals surface area contributed by atoms with E-state index in [1.54, 1.807) is 13.8 Å². The monoisotopic (exact) mass is 414 g/mol. The third-order valence-electron chi connectivity index (χ3n) is 5.95. The topological polar surface area (TPSA) is 52.6 Å². The van der Waals surface area contributed by atoms with Gasteiger partial charge in [-0.25, -0.2) is 0 Å². The maximum Gasteiger partial charge on any atom is 0.324 e. The predicted molar refractivity (Wildman–Crippen MR) is 121 cm³/mol. The summed E-state index contributed by atoms with van der Waals surface area (Å²) in [7, 11) is 0. The molecule has 1 fully saturated rings. The van der Waals surface area contributed by atoms with Gasteiger partial charge in [-0.15, -0.1) is 0 Å². The van der Waals surface area contributed by atoms with Gasteiger partial charge in [-0.05, 0) is 35.7 Å². The van der Waals surface area contributed by atoms with Crippen molar-refractivity contribution < 1.29 is 19.1 Å². The fourth-order valence-corrected chi connectivity index (χ4v) is 4.53. The van der Waals surface area contributed by atoms with Crippen molar-refractivity contribution in [2.45, 2.75) is 19.8 Å². The molecule has 3 aromatic rings. The van der Waals surface area contributed by atoms with Crippen LogP contribution in [0.4, 0.5) is 0 Å². The van der Waals surface area contributed by atoms with E-state index in [9.17, 15) is 9.59 Å². The molecule has 1 aliphatic rings. The van der Waals surface area contributed by atoms with Crippen LogP contribution in [0.1, 0.15) is 30.9 Å². The van der Waals surface area contributed by atoms with E-state index in [4.69, 9.17) is 9.47 Å². The Morgan fingerprint density at radius 3 is 2.13 bits per heavy atom. The Balaban J connectivity index is 1.85. The van der Waals surface area contributed by atoms with Gasteiger partial charge in [0.15, 0.2) is 5.41 Å². The van der Waals surface area contributed by atoms with Crippen molar-refractivity contribution in [1.29, 1.82) is 0 Å². The van der Waals surface area contributed by atoms with Crippen LogP contribution in [0.25, 0.3) is 16.8 Å². The highest BCUT2D eigenvalue weighted by molar-refractivity contribution is 6.07. The molecule has 0 aromatic heterocycles. The first-order chi connectivity index (χ1) is 15.1. The van der Waals surface area contributed by atoms with Crippen molar-refractivity contribution in [2.75, 3.05) is 13.2 Å². The standard InChI is InChI=1S/C27H26O4/c1-3-30-25(28)27(26(29)31-4-2)23(18-17-19-11-6-5-7-12-19)24(27)22-16-10-14-20-13-8-9-15-21(20)22/h5-18,23-24H,3-4H2,1-2H3/b18-17+. The number of hydrogen-bond acceptors (Lipinski definition) is 4. The molecule has 158 valence electrons. The maximum atomic E-state index is 13.2. The van der Waals surface area contributed by atoms with Crippen molar-refractivity contribution in [1.82, 2.24) is 0 Å². The van der Waals surface area contributed by atoms with Gasteiger partial charge in [0.25, 0.3) is 0 Å². The minimum atomic E-state index is -1.37. The second kappa shape index (κ2) is 8.76. The molecule has 0 amide bonds. The Morgan fingerprint density at radius 1 is 0.839 bits per heavy atom. The third-order valence-corrected chi connectivity index (χ3v) is 5.95. The lowest BCUT2D eigenvalue weighted by Crippen LogP contribution is -2.33. The summed E-state index contributed by atoms with van der Waals surface area (Å²) in [6, 6.07) is 23.9. The smallest absolute Gasteiger partial charge is 0.324 e. The summed E-state index contributed by atoms with van der Waals surface area (Å²) < 4.78 is 10.8. The minimum Gasteiger partial charge on any atom is -0.465 e. The van der Waals surface area contributed by atoms with Gasteiger partial charge in [0.2, 0.25) is 0 Å². The van der Waals surface area contributed by atoms with E-state index in [0.717, 1.165) is 21.9 Å². The van der Waals surface area contributed by atoms with Gasteiger partial charge in [0.05, 0.1) is 13.2 Å². The summed E-state index contributed by atoms with van der Waals surface area (Å²) in [5, 5.41) is 2.10. The molecule has 1 saturated carbocycles. The molecule has 2 atom stereocenters. The fourth-order valence-electron chi connectivity index (χ4n) is 4.53. The molecular formula is C27H26O4. The summed E-state index contributed by atoms with van der Waals surface area (Å²) in [5.41, 5.74) is 0.594. The number of hydrogen-bond donors (Lipinski definition) is 0. The molecule has 0 saturated heterocycles. The van der Waals surface area contributed by atoms with Crippen molar-refractivity contribution in [3.8, 4) is 0 Å². The molecule has 4 nitrogen and oxygen atoms in total. The zero-order valence-corrected chi connectivity index (χ0v) is 17.8. The molecular weight excluding hydrogens is 388 g/mol. The summed E-state index contributed by atoms with van der Waals surface area (Å²) in [6.45, 7) is 3.91. The molecule has 3 aromatic carbocycles. The van der Waals surface area contributed by atoms with Crippen molar-refractivity contribution in [3.63, 3.8) is 0 Å². The van der Waals surface area contributed by atoms with Crippen LogP contribution in [0, 0.1) is 11.3 Å². The van der Waals surface area contributed by atoms with E-state index in [-0.39, 0.29) is 25.0 Å². The molecule has 4 rings (SSSR count). The van der Waals surface area contributed by atoms with Gasteiger partial charge in [0.1, 0.15) is 0 Å². The fraction of sp³-hybridized carbons (Fsp3) is 0.259. The van der Waals surface area contributed by atoms with E-state index in [1.165, 1.54) is 0 Å². The third kappa shape index (κ3) is 3.63. The minimum absolute atomic E-state index is 0.206. The normalized spacial score (nSPS) is 19.3. The molecule has 1 aliphatic carbocycles. The van der Waals surface area contributed by atoms with Gasteiger partial charge in [-0.3, -0.25) is 9.59 Å². The van der Waals surface area contributed by atoms with Gasteiger partial charge in [-0.2, -0.15) is 0 Å². The first kappa shape index (κ1) is 20.9. The molecule has 0 radical (unpaired) electrons. The van der Waals surface area contributed by atoms with Crippen molar-refractivity contribution >= 4 is 28.8 Å². The van der Waals surface area contributed by atoms with E-state index in [2.05, 4.69) is 0 Å². The SMILES string of the molecule is CCOC(=O)C1(C(=O)OCC)C(/C=C/c2ccccc2)C1c1cccc2ccccc12. The van der Waals surface area contributed by atoms with Crippen LogP contribution in [0.3, 0.4) is 0 Å². The molecule has 0 aliphatic heterocycles. The lowest BCUT2D eigenvalue weighted by atomic mass is 9.95. The number of esters is 2. The summed E-state index contributed by atoms with van der Waals surface area (Å²) >= 11 is 0. The maximum absolute atomic E-state index is 13.2. The molecule has 2 unspecified atom stereocenters. The average molecular weight is 415 g/mol. The van der Waals surface area contributed by atoms with Gasteiger partial charge in [-0.1, -0.05) is 84.9 Å². The second-order valence-electron chi connectivity index (χ2n) is 7.65. The summed E-state index contributed by atoms with van der Waals surface area (Å²) in [6.07, 6.45) is 3.92.